The predicted molar refractivity (Wildman–Crippen MR) is 83.9 cm³/mol. The number of hydrogen-bond acceptors (Lipinski definition) is 1. The van der Waals surface area contributed by atoms with Gasteiger partial charge in [0, 0.05) is 47.6 Å². The van der Waals surface area contributed by atoms with Crippen molar-refractivity contribution < 1.29 is 9.18 Å². The minimum Gasteiger partial charge on any atom is -0.358 e. The Balaban J connectivity index is 1.63. The molecule has 1 amide bonds. The number of halogens is 1. The van der Waals surface area contributed by atoms with Gasteiger partial charge in [-0.15, -0.1) is 0 Å². The summed E-state index contributed by atoms with van der Waals surface area (Å²) in [5, 5.41) is 0.913. The van der Waals surface area contributed by atoms with Crippen molar-refractivity contribution in [2.45, 2.75) is 32.2 Å². The number of carbonyl (C=O) groups is 1. The Labute approximate surface area is 128 Å². The number of amides is 1. The molecule has 0 fully saturated rings. The van der Waals surface area contributed by atoms with Crippen molar-refractivity contribution in [1.82, 2.24) is 9.88 Å². The molecular formula is C18H19FN2O. The van der Waals surface area contributed by atoms with Crippen molar-refractivity contribution >= 4 is 16.8 Å². The van der Waals surface area contributed by atoms with Gasteiger partial charge in [-0.05, 0) is 37.5 Å². The van der Waals surface area contributed by atoms with Crippen molar-refractivity contribution in [1.29, 1.82) is 0 Å². The standard InChI is InChI=1S/C18H19FN2O/c19-13-6-7-16-14(10-13)15-11-21(9-8-17(15)20-16)18(22)12-4-2-1-3-5-12/h1-2,6-7,10,12,20H,3-5,8-9,11H2. The SMILES string of the molecule is O=C(C1CC=CCC1)N1CCc2[nH]c3ccc(F)cc3c2C1. The smallest absolute Gasteiger partial charge is 0.226 e. The molecule has 1 N–H and O–H groups in total. The number of rotatable bonds is 1. The van der Waals surface area contributed by atoms with Gasteiger partial charge in [0.1, 0.15) is 5.82 Å². The maximum absolute atomic E-state index is 13.5. The molecule has 2 heterocycles. The molecule has 0 saturated heterocycles. The molecule has 0 spiro atoms. The summed E-state index contributed by atoms with van der Waals surface area (Å²) in [4.78, 5) is 18.0. The van der Waals surface area contributed by atoms with E-state index in [-0.39, 0.29) is 17.6 Å². The van der Waals surface area contributed by atoms with E-state index in [1.807, 2.05) is 4.90 Å². The van der Waals surface area contributed by atoms with Crippen LogP contribution in [0.25, 0.3) is 10.9 Å². The van der Waals surface area contributed by atoms with E-state index < -0.39 is 0 Å². The lowest BCUT2D eigenvalue weighted by molar-refractivity contribution is -0.136. The zero-order valence-electron chi connectivity index (χ0n) is 12.4. The molecule has 2 aliphatic rings. The Bertz CT molecular complexity index is 762. The van der Waals surface area contributed by atoms with Crippen molar-refractivity contribution in [3.05, 3.63) is 47.4 Å². The number of nitrogens with one attached hydrogen (secondary N) is 1. The van der Waals surface area contributed by atoms with Gasteiger partial charge in [0.25, 0.3) is 0 Å². The van der Waals surface area contributed by atoms with E-state index in [1.165, 1.54) is 6.07 Å². The molecule has 1 aromatic carbocycles. The fraction of sp³-hybridized carbons (Fsp3) is 0.389. The number of nitrogens with zero attached hydrogens (tertiary/aromatic N) is 1. The fourth-order valence-corrected chi connectivity index (χ4v) is 3.65. The number of fused-ring (bicyclic) bond motifs is 3. The van der Waals surface area contributed by atoms with E-state index in [9.17, 15) is 9.18 Å². The molecule has 1 aliphatic carbocycles. The summed E-state index contributed by atoms with van der Waals surface area (Å²) >= 11 is 0. The van der Waals surface area contributed by atoms with Crippen LogP contribution >= 0.6 is 0 Å². The number of benzene rings is 1. The topological polar surface area (TPSA) is 36.1 Å². The first-order valence-electron chi connectivity index (χ1n) is 7.95. The zero-order chi connectivity index (χ0) is 15.1. The molecule has 4 rings (SSSR count). The molecule has 0 radical (unpaired) electrons. The number of hydrogen-bond donors (Lipinski definition) is 1. The number of carbonyl (C=O) groups excluding carboxylic acids is 1. The summed E-state index contributed by atoms with van der Waals surface area (Å²) in [6.07, 6.45) is 7.88. The molecule has 4 heteroatoms. The lowest BCUT2D eigenvalue weighted by Gasteiger charge is -2.31. The van der Waals surface area contributed by atoms with Crippen LogP contribution in [0.2, 0.25) is 0 Å². The minimum absolute atomic E-state index is 0.119. The third-order valence-corrected chi connectivity index (χ3v) is 4.87. The highest BCUT2D eigenvalue weighted by Gasteiger charge is 2.28. The molecular weight excluding hydrogens is 279 g/mol. The van der Waals surface area contributed by atoms with E-state index in [0.717, 1.165) is 54.4 Å². The first kappa shape index (κ1) is 13.6. The first-order chi connectivity index (χ1) is 10.7. The Morgan fingerprint density at radius 2 is 2.23 bits per heavy atom. The molecule has 114 valence electrons. The van der Waals surface area contributed by atoms with Gasteiger partial charge in [-0.1, -0.05) is 12.2 Å². The third kappa shape index (κ3) is 2.23. The molecule has 3 nitrogen and oxygen atoms in total. The summed E-state index contributed by atoms with van der Waals surface area (Å²) in [7, 11) is 0. The van der Waals surface area contributed by atoms with E-state index in [2.05, 4.69) is 17.1 Å². The fourth-order valence-electron chi connectivity index (χ4n) is 3.65. The van der Waals surface area contributed by atoms with Gasteiger partial charge < -0.3 is 9.88 Å². The predicted octanol–water partition coefficient (Wildman–Crippen LogP) is 3.55. The van der Waals surface area contributed by atoms with Crippen LogP contribution in [0.1, 0.15) is 30.5 Å². The Hall–Kier alpha value is -2.10. The second kappa shape index (κ2) is 5.27. The van der Waals surface area contributed by atoms with Gasteiger partial charge in [0.15, 0.2) is 0 Å². The van der Waals surface area contributed by atoms with Crippen LogP contribution in [0.15, 0.2) is 30.4 Å². The van der Waals surface area contributed by atoms with Crippen LogP contribution < -0.4 is 0 Å². The summed E-state index contributed by atoms with van der Waals surface area (Å²) in [6.45, 7) is 1.35. The summed E-state index contributed by atoms with van der Waals surface area (Å²) in [5.74, 6) is 0.143. The van der Waals surface area contributed by atoms with Crippen LogP contribution in [0.4, 0.5) is 4.39 Å². The van der Waals surface area contributed by atoms with Crippen molar-refractivity contribution in [3.63, 3.8) is 0 Å². The first-order valence-corrected chi connectivity index (χ1v) is 7.95. The average Bonchev–Trinajstić information content (AvgIpc) is 2.92. The van der Waals surface area contributed by atoms with E-state index in [4.69, 9.17) is 0 Å². The summed E-state index contributed by atoms with van der Waals surface area (Å²) < 4.78 is 13.5. The monoisotopic (exact) mass is 298 g/mol. The normalized spacial score (nSPS) is 21.1. The molecule has 1 aromatic heterocycles. The molecule has 2 aromatic rings. The number of aromatic nitrogens is 1. The maximum Gasteiger partial charge on any atom is 0.226 e. The minimum atomic E-state index is -0.227. The highest BCUT2D eigenvalue weighted by Crippen LogP contribution is 2.30. The molecule has 1 aliphatic heterocycles. The Morgan fingerprint density at radius 1 is 1.32 bits per heavy atom. The van der Waals surface area contributed by atoms with Crippen molar-refractivity contribution in [2.75, 3.05) is 6.54 Å². The van der Waals surface area contributed by atoms with Crippen LogP contribution in [-0.4, -0.2) is 22.3 Å². The van der Waals surface area contributed by atoms with Gasteiger partial charge in [0.2, 0.25) is 5.91 Å². The molecule has 0 saturated carbocycles. The van der Waals surface area contributed by atoms with Crippen LogP contribution in [0, 0.1) is 11.7 Å². The van der Waals surface area contributed by atoms with Crippen molar-refractivity contribution in [3.8, 4) is 0 Å². The molecule has 22 heavy (non-hydrogen) atoms. The third-order valence-electron chi connectivity index (χ3n) is 4.87. The van der Waals surface area contributed by atoms with E-state index in [0.29, 0.717) is 6.54 Å². The molecule has 1 unspecified atom stereocenters. The molecule has 1 atom stereocenters. The van der Waals surface area contributed by atoms with E-state index in [1.54, 1.807) is 12.1 Å². The number of H-pyrrole nitrogens is 1. The number of aromatic amines is 1. The highest BCUT2D eigenvalue weighted by atomic mass is 19.1. The van der Waals surface area contributed by atoms with Gasteiger partial charge in [-0.2, -0.15) is 0 Å². The van der Waals surface area contributed by atoms with Crippen LogP contribution in [0.5, 0.6) is 0 Å². The van der Waals surface area contributed by atoms with Gasteiger partial charge in [-0.25, -0.2) is 4.39 Å². The zero-order valence-corrected chi connectivity index (χ0v) is 12.4. The lowest BCUT2D eigenvalue weighted by Crippen LogP contribution is -2.39. The highest BCUT2D eigenvalue weighted by molar-refractivity contribution is 5.86. The van der Waals surface area contributed by atoms with E-state index >= 15 is 0 Å². The largest absolute Gasteiger partial charge is 0.358 e. The van der Waals surface area contributed by atoms with Crippen LogP contribution in [0.3, 0.4) is 0 Å². The summed E-state index contributed by atoms with van der Waals surface area (Å²) in [6, 6.07) is 4.82. The maximum atomic E-state index is 13.5. The second-order valence-electron chi connectivity index (χ2n) is 6.26. The average molecular weight is 298 g/mol. The second-order valence-corrected chi connectivity index (χ2v) is 6.26. The summed E-state index contributed by atoms with van der Waals surface area (Å²) in [5.41, 5.74) is 3.19. The Morgan fingerprint density at radius 3 is 3.05 bits per heavy atom. The molecule has 0 bridgehead atoms. The Kier molecular flexibility index (Phi) is 3.25. The number of allylic oxidation sites excluding steroid dienone is 2. The van der Waals surface area contributed by atoms with Crippen molar-refractivity contribution in [2.24, 2.45) is 5.92 Å². The van der Waals surface area contributed by atoms with Gasteiger partial charge in [0.05, 0.1) is 0 Å². The van der Waals surface area contributed by atoms with Gasteiger partial charge in [-0.3, -0.25) is 4.79 Å². The lowest BCUT2D eigenvalue weighted by atomic mass is 9.92. The van der Waals surface area contributed by atoms with Crippen LogP contribution in [-0.2, 0) is 17.8 Å². The van der Waals surface area contributed by atoms with Gasteiger partial charge >= 0.3 is 0 Å². The quantitative estimate of drug-likeness (QED) is 0.803.